The first-order valence-electron chi connectivity index (χ1n) is 6.89. The Kier molecular flexibility index (Phi) is 4.02. The van der Waals surface area contributed by atoms with Gasteiger partial charge in [-0.25, -0.2) is 0 Å². The van der Waals surface area contributed by atoms with Gasteiger partial charge in [-0.1, -0.05) is 23.7 Å². The summed E-state index contributed by atoms with van der Waals surface area (Å²) in [4.78, 5) is 0. The van der Waals surface area contributed by atoms with Crippen LogP contribution < -0.4 is 10.1 Å². The summed E-state index contributed by atoms with van der Waals surface area (Å²) in [5.74, 6) is 1.55. The lowest BCUT2D eigenvalue weighted by molar-refractivity contribution is 0.415. The van der Waals surface area contributed by atoms with Crippen molar-refractivity contribution in [3.63, 3.8) is 0 Å². The van der Waals surface area contributed by atoms with Crippen LogP contribution in [0.4, 0.5) is 11.5 Å². The molecule has 3 aromatic rings. The number of anilines is 2. The fourth-order valence-electron chi connectivity index (χ4n) is 2.34. The second-order valence-electron chi connectivity index (χ2n) is 4.84. The molecule has 0 radical (unpaired) electrons. The van der Waals surface area contributed by atoms with E-state index in [1.165, 1.54) is 0 Å². The van der Waals surface area contributed by atoms with E-state index in [2.05, 4.69) is 17.0 Å². The molecule has 3 rings (SSSR count). The summed E-state index contributed by atoms with van der Waals surface area (Å²) in [5, 5.41) is 9.59. The number of allylic oxidation sites excluding steroid dienone is 1. The number of rotatable bonds is 5. The van der Waals surface area contributed by atoms with E-state index < -0.39 is 0 Å². The van der Waals surface area contributed by atoms with Gasteiger partial charge in [0.05, 0.1) is 19.2 Å². The SMILES string of the molecule is C=CCn1nc(Nc2cccc(Cl)c2)c2cc(OC)ccc21. The van der Waals surface area contributed by atoms with Crippen molar-refractivity contribution in [2.45, 2.75) is 6.54 Å². The molecule has 112 valence electrons. The summed E-state index contributed by atoms with van der Waals surface area (Å²) in [6.45, 7) is 4.42. The quantitative estimate of drug-likeness (QED) is 0.698. The van der Waals surface area contributed by atoms with Crippen LogP contribution in [0.25, 0.3) is 10.9 Å². The molecule has 0 aliphatic heterocycles. The number of nitrogens with one attached hydrogen (secondary N) is 1. The van der Waals surface area contributed by atoms with Crippen molar-refractivity contribution in [2.75, 3.05) is 12.4 Å². The molecule has 1 aromatic heterocycles. The number of fused-ring (bicyclic) bond motifs is 1. The molecule has 0 saturated carbocycles. The molecule has 22 heavy (non-hydrogen) atoms. The maximum atomic E-state index is 6.03. The van der Waals surface area contributed by atoms with Crippen molar-refractivity contribution in [3.8, 4) is 5.75 Å². The maximum absolute atomic E-state index is 6.03. The number of ether oxygens (including phenoxy) is 1. The Morgan fingerprint density at radius 2 is 2.18 bits per heavy atom. The Labute approximate surface area is 134 Å². The third kappa shape index (κ3) is 2.78. The fourth-order valence-corrected chi connectivity index (χ4v) is 2.53. The van der Waals surface area contributed by atoms with Crippen LogP contribution in [0.1, 0.15) is 0 Å². The van der Waals surface area contributed by atoms with Crippen LogP contribution in [0.5, 0.6) is 5.75 Å². The number of methoxy groups -OCH3 is 1. The monoisotopic (exact) mass is 313 g/mol. The molecule has 0 spiro atoms. The standard InChI is InChI=1S/C17H16ClN3O/c1-3-9-21-16-8-7-14(22-2)11-15(16)17(20-21)19-13-6-4-5-12(18)10-13/h3-8,10-11H,1,9H2,2H3,(H,19,20). The van der Waals surface area contributed by atoms with Crippen molar-refractivity contribution in [2.24, 2.45) is 0 Å². The van der Waals surface area contributed by atoms with Crippen molar-refractivity contribution in [3.05, 3.63) is 60.1 Å². The predicted octanol–water partition coefficient (Wildman–Crippen LogP) is 4.63. The average molecular weight is 314 g/mol. The van der Waals surface area contributed by atoms with Crippen LogP contribution in [0.15, 0.2) is 55.1 Å². The van der Waals surface area contributed by atoms with E-state index in [9.17, 15) is 0 Å². The van der Waals surface area contributed by atoms with Crippen LogP contribution in [-0.2, 0) is 6.54 Å². The van der Waals surface area contributed by atoms with Crippen molar-refractivity contribution < 1.29 is 4.74 Å². The first kappa shape index (κ1) is 14.5. The van der Waals surface area contributed by atoms with Crippen LogP contribution in [0, 0.1) is 0 Å². The highest BCUT2D eigenvalue weighted by Gasteiger charge is 2.11. The van der Waals surface area contributed by atoms with Crippen LogP contribution in [0.2, 0.25) is 5.02 Å². The third-order valence-corrected chi connectivity index (χ3v) is 3.58. The van der Waals surface area contributed by atoms with E-state index in [1.807, 2.05) is 53.2 Å². The predicted molar refractivity (Wildman–Crippen MR) is 91.2 cm³/mol. The van der Waals surface area contributed by atoms with Gasteiger partial charge in [0.15, 0.2) is 5.82 Å². The van der Waals surface area contributed by atoms with Gasteiger partial charge in [-0.3, -0.25) is 4.68 Å². The van der Waals surface area contributed by atoms with Gasteiger partial charge >= 0.3 is 0 Å². The molecule has 5 heteroatoms. The number of halogens is 1. The summed E-state index contributed by atoms with van der Waals surface area (Å²) in [5.41, 5.74) is 1.91. The molecule has 0 atom stereocenters. The van der Waals surface area contributed by atoms with Crippen LogP contribution in [-0.4, -0.2) is 16.9 Å². The van der Waals surface area contributed by atoms with E-state index >= 15 is 0 Å². The zero-order valence-corrected chi connectivity index (χ0v) is 13.0. The molecule has 1 heterocycles. The first-order valence-corrected chi connectivity index (χ1v) is 7.27. The Morgan fingerprint density at radius 1 is 1.32 bits per heavy atom. The minimum Gasteiger partial charge on any atom is -0.497 e. The third-order valence-electron chi connectivity index (χ3n) is 3.35. The maximum Gasteiger partial charge on any atom is 0.160 e. The normalized spacial score (nSPS) is 10.6. The van der Waals surface area contributed by atoms with Crippen LogP contribution >= 0.6 is 11.6 Å². The van der Waals surface area contributed by atoms with Crippen molar-refractivity contribution in [1.29, 1.82) is 0 Å². The van der Waals surface area contributed by atoms with Gasteiger partial charge in [-0.05, 0) is 36.4 Å². The Morgan fingerprint density at radius 3 is 2.91 bits per heavy atom. The topological polar surface area (TPSA) is 39.1 Å². The summed E-state index contributed by atoms with van der Waals surface area (Å²) >= 11 is 6.03. The smallest absolute Gasteiger partial charge is 0.160 e. The Hall–Kier alpha value is -2.46. The summed E-state index contributed by atoms with van der Waals surface area (Å²) in [7, 11) is 1.65. The molecule has 0 amide bonds. The average Bonchev–Trinajstić information content (AvgIpc) is 2.85. The molecule has 2 aromatic carbocycles. The number of aromatic nitrogens is 2. The lowest BCUT2D eigenvalue weighted by atomic mass is 10.2. The summed E-state index contributed by atoms with van der Waals surface area (Å²) in [6, 6.07) is 13.4. The van der Waals surface area contributed by atoms with Gasteiger partial charge in [0, 0.05) is 16.1 Å². The molecular weight excluding hydrogens is 298 g/mol. The van der Waals surface area contributed by atoms with E-state index in [1.54, 1.807) is 7.11 Å². The highest BCUT2D eigenvalue weighted by atomic mass is 35.5. The van der Waals surface area contributed by atoms with Gasteiger partial charge in [0.25, 0.3) is 0 Å². The highest BCUT2D eigenvalue weighted by molar-refractivity contribution is 6.30. The van der Waals surface area contributed by atoms with E-state index in [0.717, 1.165) is 28.2 Å². The zero-order chi connectivity index (χ0) is 15.5. The van der Waals surface area contributed by atoms with E-state index in [4.69, 9.17) is 16.3 Å². The number of benzene rings is 2. The second-order valence-corrected chi connectivity index (χ2v) is 5.27. The number of hydrogen-bond acceptors (Lipinski definition) is 3. The summed E-state index contributed by atoms with van der Waals surface area (Å²) in [6.07, 6.45) is 1.82. The molecule has 0 aliphatic rings. The molecule has 0 unspecified atom stereocenters. The molecule has 4 nitrogen and oxygen atoms in total. The van der Waals surface area contributed by atoms with Gasteiger partial charge in [-0.15, -0.1) is 6.58 Å². The van der Waals surface area contributed by atoms with E-state index in [0.29, 0.717) is 11.6 Å². The zero-order valence-electron chi connectivity index (χ0n) is 12.2. The number of nitrogens with zero attached hydrogens (tertiary/aromatic N) is 2. The van der Waals surface area contributed by atoms with Gasteiger partial charge in [0.1, 0.15) is 5.75 Å². The highest BCUT2D eigenvalue weighted by Crippen LogP contribution is 2.30. The minimum atomic E-state index is 0.639. The van der Waals surface area contributed by atoms with Crippen LogP contribution in [0.3, 0.4) is 0 Å². The molecule has 0 fully saturated rings. The van der Waals surface area contributed by atoms with E-state index in [-0.39, 0.29) is 0 Å². The largest absolute Gasteiger partial charge is 0.497 e. The Bertz CT molecular complexity index is 826. The van der Waals surface area contributed by atoms with Crippen molar-refractivity contribution >= 4 is 34.0 Å². The molecule has 1 N–H and O–H groups in total. The Balaban J connectivity index is 2.08. The van der Waals surface area contributed by atoms with Gasteiger partial charge < -0.3 is 10.1 Å². The first-order chi connectivity index (χ1) is 10.7. The molecule has 0 bridgehead atoms. The molecule has 0 aliphatic carbocycles. The second kappa shape index (κ2) is 6.12. The number of hydrogen-bond donors (Lipinski definition) is 1. The lowest BCUT2D eigenvalue weighted by Gasteiger charge is -2.04. The summed E-state index contributed by atoms with van der Waals surface area (Å²) < 4.78 is 7.21. The lowest BCUT2D eigenvalue weighted by Crippen LogP contribution is -1.98. The van der Waals surface area contributed by atoms with Gasteiger partial charge in [-0.2, -0.15) is 5.10 Å². The van der Waals surface area contributed by atoms with Crippen molar-refractivity contribution in [1.82, 2.24) is 9.78 Å². The van der Waals surface area contributed by atoms with Gasteiger partial charge in [0.2, 0.25) is 0 Å². The molecular formula is C17H16ClN3O. The minimum absolute atomic E-state index is 0.639. The molecule has 0 saturated heterocycles. The fraction of sp³-hybridized carbons (Fsp3) is 0.118.